The van der Waals surface area contributed by atoms with E-state index in [4.69, 9.17) is 19.9 Å². The molecule has 2 N–H and O–H groups in total. The smallest absolute Gasteiger partial charge is 0.311 e. The van der Waals surface area contributed by atoms with Crippen LogP contribution in [0.1, 0.15) is 19.8 Å². The third kappa shape index (κ3) is 3.43. The van der Waals surface area contributed by atoms with Crippen LogP contribution in [0.2, 0.25) is 0 Å². The molecule has 1 aliphatic rings. The van der Waals surface area contributed by atoms with Crippen molar-refractivity contribution in [2.45, 2.75) is 38.0 Å². The molecule has 1 fully saturated rings. The van der Waals surface area contributed by atoms with Gasteiger partial charge in [-0.3, -0.25) is 10.1 Å². The number of methoxy groups -OCH3 is 1. The Morgan fingerprint density at radius 2 is 2.24 bits per heavy atom. The van der Waals surface area contributed by atoms with Crippen molar-refractivity contribution in [2.24, 2.45) is 5.73 Å². The topological polar surface area (TPSA) is 96.9 Å². The molecule has 0 amide bonds. The number of nitrogens with two attached hydrogens (primary N) is 1. The summed E-state index contributed by atoms with van der Waals surface area (Å²) in [5, 5.41) is 11.1. The van der Waals surface area contributed by atoms with Crippen LogP contribution in [0.3, 0.4) is 0 Å². The van der Waals surface area contributed by atoms with Gasteiger partial charge in [0.25, 0.3) is 0 Å². The van der Waals surface area contributed by atoms with Gasteiger partial charge in [0.1, 0.15) is 18.0 Å². The zero-order chi connectivity index (χ0) is 15.4. The lowest BCUT2D eigenvalue weighted by atomic mass is 9.86. The summed E-state index contributed by atoms with van der Waals surface area (Å²) < 4.78 is 16.4. The quantitative estimate of drug-likeness (QED) is 0.609. The highest BCUT2D eigenvalue weighted by Crippen LogP contribution is 2.35. The maximum atomic E-state index is 11.1. The van der Waals surface area contributed by atoms with E-state index in [-0.39, 0.29) is 29.7 Å². The molecule has 116 valence electrons. The fraction of sp³-hybridized carbons (Fsp3) is 0.571. The number of hydrogen-bond donors (Lipinski definition) is 1. The van der Waals surface area contributed by atoms with Crippen molar-refractivity contribution >= 4 is 5.69 Å². The lowest BCUT2D eigenvalue weighted by molar-refractivity contribution is -0.386. The highest BCUT2D eigenvalue weighted by Gasteiger charge is 2.42. The van der Waals surface area contributed by atoms with Crippen LogP contribution in [-0.2, 0) is 4.74 Å². The second kappa shape index (κ2) is 6.73. The number of nitrogens with zero attached hydrogens (tertiary/aromatic N) is 1. The van der Waals surface area contributed by atoms with E-state index in [1.807, 2.05) is 6.92 Å². The third-order valence-corrected chi connectivity index (χ3v) is 3.45. The lowest BCUT2D eigenvalue weighted by Crippen LogP contribution is -2.59. The van der Waals surface area contributed by atoms with Crippen LogP contribution >= 0.6 is 0 Å². The summed E-state index contributed by atoms with van der Waals surface area (Å²) in [6, 6.07) is 4.32. The molecule has 0 bridgehead atoms. The van der Waals surface area contributed by atoms with Gasteiger partial charge in [-0.1, -0.05) is 6.92 Å². The molecule has 21 heavy (non-hydrogen) atoms. The lowest BCUT2D eigenvalue weighted by Gasteiger charge is -2.41. The molecule has 1 aromatic carbocycles. The number of rotatable bonds is 7. The van der Waals surface area contributed by atoms with Gasteiger partial charge in [0.05, 0.1) is 12.0 Å². The molecule has 1 aliphatic carbocycles. The third-order valence-electron chi connectivity index (χ3n) is 3.45. The second-order valence-electron chi connectivity index (χ2n) is 4.98. The van der Waals surface area contributed by atoms with Gasteiger partial charge in [-0.05, 0) is 12.5 Å². The first kappa shape index (κ1) is 15.5. The molecule has 1 aromatic rings. The molecular formula is C14H20N2O5. The van der Waals surface area contributed by atoms with Crippen LogP contribution < -0.4 is 15.2 Å². The van der Waals surface area contributed by atoms with Crippen LogP contribution in [-0.4, -0.2) is 36.9 Å². The van der Waals surface area contributed by atoms with E-state index in [1.165, 1.54) is 25.3 Å². The van der Waals surface area contributed by atoms with Crippen molar-refractivity contribution in [1.29, 1.82) is 0 Å². The Bertz CT molecular complexity index is 508. The minimum absolute atomic E-state index is 0.0915. The van der Waals surface area contributed by atoms with Gasteiger partial charge < -0.3 is 19.9 Å². The van der Waals surface area contributed by atoms with Crippen molar-refractivity contribution < 1.29 is 19.1 Å². The molecular weight excluding hydrogens is 276 g/mol. The number of nitro benzene ring substituents is 1. The normalized spacial score (nSPS) is 24.2. The first-order valence-electron chi connectivity index (χ1n) is 6.93. The number of hydrogen-bond acceptors (Lipinski definition) is 6. The Labute approximate surface area is 123 Å². The van der Waals surface area contributed by atoms with Gasteiger partial charge in [0.15, 0.2) is 0 Å². The fourth-order valence-corrected chi connectivity index (χ4v) is 2.25. The Kier molecular flexibility index (Phi) is 4.98. The molecule has 7 heteroatoms. The first-order chi connectivity index (χ1) is 10.1. The maximum Gasteiger partial charge on any atom is 0.311 e. The van der Waals surface area contributed by atoms with Crippen LogP contribution in [0.15, 0.2) is 18.2 Å². The average Bonchev–Trinajstić information content (AvgIpc) is 2.46. The van der Waals surface area contributed by atoms with Crippen molar-refractivity contribution in [2.75, 3.05) is 13.7 Å². The van der Waals surface area contributed by atoms with Crippen LogP contribution in [0.25, 0.3) is 0 Å². The Hall–Kier alpha value is -1.86. The summed E-state index contributed by atoms with van der Waals surface area (Å²) in [5.41, 5.74) is 5.81. The van der Waals surface area contributed by atoms with Crippen molar-refractivity contribution in [3.8, 4) is 11.5 Å². The van der Waals surface area contributed by atoms with E-state index in [2.05, 4.69) is 0 Å². The largest absolute Gasteiger partial charge is 0.497 e. The summed E-state index contributed by atoms with van der Waals surface area (Å²) in [4.78, 5) is 10.6. The molecule has 2 rings (SSSR count). The number of nitro groups is 1. The van der Waals surface area contributed by atoms with Crippen molar-refractivity contribution in [1.82, 2.24) is 0 Å². The molecule has 0 spiro atoms. The van der Waals surface area contributed by atoms with Gasteiger partial charge >= 0.3 is 5.69 Å². The number of ether oxygens (including phenoxy) is 3. The van der Waals surface area contributed by atoms with Crippen LogP contribution in [0, 0.1) is 10.1 Å². The summed E-state index contributed by atoms with van der Waals surface area (Å²) in [7, 11) is 1.50. The van der Waals surface area contributed by atoms with Gasteiger partial charge in [-0.15, -0.1) is 0 Å². The molecule has 7 nitrogen and oxygen atoms in total. The molecule has 3 unspecified atom stereocenters. The Balaban J connectivity index is 2.12. The predicted octanol–water partition coefficient (Wildman–Crippen LogP) is 1.88. The van der Waals surface area contributed by atoms with E-state index in [0.717, 1.165) is 6.42 Å². The molecule has 3 atom stereocenters. The SMILES string of the molecule is CCCOC1C(N)CC1Oc1cc(OC)ccc1[N+](=O)[O-]. The molecule has 0 heterocycles. The van der Waals surface area contributed by atoms with Crippen molar-refractivity contribution in [3.05, 3.63) is 28.3 Å². The van der Waals surface area contributed by atoms with Gasteiger partial charge in [-0.2, -0.15) is 0 Å². The van der Waals surface area contributed by atoms with Crippen LogP contribution in [0.4, 0.5) is 5.69 Å². The second-order valence-corrected chi connectivity index (χ2v) is 4.98. The standard InChI is InChI=1S/C14H20N2O5/c1-3-6-20-14-10(15)8-13(14)21-12-7-9(19-2)4-5-11(12)16(17)18/h4-5,7,10,13-14H,3,6,8,15H2,1-2H3. The minimum atomic E-state index is -0.477. The summed E-state index contributed by atoms with van der Waals surface area (Å²) in [6.07, 6.45) is 1.01. The molecule has 0 aromatic heterocycles. The van der Waals surface area contributed by atoms with Gasteiger partial charge in [0.2, 0.25) is 5.75 Å². The van der Waals surface area contributed by atoms with E-state index >= 15 is 0 Å². The van der Waals surface area contributed by atoms with E-state index < -0.39 is 4.92 Å². The highest BCUT2D eigenvalue weighted by molar-refractivity contribution is 5.50. The minimum Gasteiger partial charge on any atom is -0.497 e. The average molecular weight is 296 g/mol. The number of benzene rings is 1. The van der Waals surface area contributed by atoms with E-state index in [1.54, 1.807) is 0 Å². The Morgan fingerprint density at radius 3 is 2.81 bits per heavy atom. The monoisotopic (exact) mass is 296 g/mol. The van der Waals surface area contributed by atoms with Gasteiger partial charge in [0, 0.05) is 31.2 Å². The van der Waals surface area contributed by atoms with Crippen LogP contribution in [0.5, 0.6) is 11.5 Å². The predicted molar refractivity (Wildman–Crippen MR) is 76.7 cm³/mol. The van der Waals surface area contributed by atoms with E-state index in [0.29, 0.717) is 18.8 Å². The zero-order valence-electron chi connectivity index (χ0n) is 12.2. The molecule has 0 saturated heterocycles. The zero-order valence-corrected chi connectivity index (χ0v) is 12.2. The van der Waals surface area contributed by atoms with E-state index in [9.17, 15) is 10.1 Å². The molecule has 0 radical (unpaired) electrons. The summed E-state index contributed by atoms with van der Waals surface area (Å²) in [6.45, 7) is 2.60. The van der Waals surface area contributed by atoms with Crippen molar-refractivity contribution in [3.63, 3.8) is 0 Å². The van der Waals surface area contributed by atoms with Gasteiger partial charge in [-0.25, -0.2) is 0 Å². The first-order valence-corrected chi connectivity index (χ1v) is 6.93. The molecule has 0 aliphatic heterocycles. The summed E-state index contributed by atoms with van der Waals surface area (Å²) in [5.74, 6) is 0.687. The highest BCUT2D eigenvalue weighted by atomic mass is 16.6. The Morgan fingerprint density at radius 1 is 1.48 bits per heavy atom. The maximum absolute atomic E-state index is 11.1. The summed E-state index contributed by atoms with van der Waals surface area (Å²) >= 11 is 0. The fourth-order valence-electron chi connectivity index (χ4n) is 2.25. The molecule has 1 saturated carbocycles.